The standard InChI is InChI=1S/C12H10N4O3/c17-10-2-1-8(5-11(10)18)6-15-16-12(19)9-7-13-3-4-14-9/h1-7,17-18H,(H,16,19)/b15-6+. The summed E-state index contributed by atoms with van der Waals surface area (Å²) in [6.45, 7) is 0. The fraction of sp³-hybridized carbons (Fsp3) is 0. The van der Waals surface area contributed by atoms with E-state index in [1.54, 1.807) is 0 Å². The van der Waals surface area contributed by atoms with Gasteiger partial charge in [0.1, 0.15) is 5.69 Å². The summed E-state index contributed by atoms with van der Waals surface area (Å²) in [4.78, 5) is 19.1. The van der Waals surface area contributed by atoms with Crippen molar-refractivity contribution in [3.8, 4) is 11.5 Å². The van der Waals surface area contributed by atoms with Gasteiger partial charge in [-0.3, -0.25) is 9.78 Å². The molecule has 0 fully saturated rings. The first-order chi connectivity index (χ1) is 9.16. The van der Waals surface area contributed by atoms with Crippen LogP contribution in [0.5, 0.6) is 11.5 Å². The Hall–Kier alpha value is -2.96. The number of amides is 1. The quantitative estimate of drug-likeness (QED) is 0.425. The maximum Gasteiger partial charge on any atom is 0.291 e. The van der Waals surface area contributed by atoms with Gasteiger partial charge in [0.05, 0.1) is 12.4 Å². The average molecular weight is 258 g/mol. The van der Waals surface area contributed by atoms with Gasteiger partial charge < -0.3 is 10.2 Å². The van der Waals surface area contributed by atoms with Crippen molar-refractivity contribution >= 4 is 12.1 Å². The molecule has 0 saturated carbocycles. The zero-order chi connectivity index (χ0) is 13.7. The highest BCUT2D eigenvalue weighted by molar-refractivity contribution is 5.92. The van der Waals surface area contributed by atoms with Gasteiger partial charge in [-0.1, -0.05) is 0 Å². The van der Waals surface area contributed by atoms with Crippen LogP contribution in [0.25, 0.3) is 0 Å². The van der Waals surface area contributed by atoms with Gasteiger partial charge in [0.15, 0.2) is 11.5 Å². The SMILES string of the molecule is O=C(N/N=C/c1ccc(O)c(O)c1)c1cnccn1. The van der Waals surface area contributed by atoms with Gasteiger partial charge in [-0.2, -0.15) is 5.10 Å². The Balaban J connectivity index is 2.00. The van der Waals surface area contributed by atoms with Gasteiger partial charge >= 0.3 is 0 Å². The lowest BCUT2D eigenvalue weighted by atomic mass is 10.2. The zero-order valence-electron chi connectivity index (χ0n) is 9.69. The summed E-state index contributed by atoms with van der Waals surface area (Å²) in [5.74, 6) is -0.975. The molecule has 0 aliphatic carbocycles. The minimum Gasteiger partial charge on any atom is -0.504 e. The molecule has 0 radical (unpaired) electrons. The van der Waals surface area contributed by atoms with Crippen LogP contribution in [0.15, 0.2) is 41.9 Å². The highest BCUT2D eigenvalue weighted by atomic mass is 16.3. The summed E-state index contributed by atoms with van der Waals surface area (Å²) in [6, 6.07) is 4.17. The average Bonchev–Trinajstić information content (AvgIpc) is 2.43. The summed E-state index contributed by atoms with van der Waals surface area (Å²) >= 11 is 0. The lowest BCUT2D eigenvalue weighted by Gasteiger charge is -1.99. The normalized spacial score (nSPS) is 10.5. The molecular formula is C12H10N4O3. The van der Waals surface area contributed by atoms with E-state index >= 15 is 0 Å². The Bertz CT molecular complexity index is 614. The molecule has 1 aromatic heterocycles. The Kier molecular flexibility index (Phi) is 3.67. The fourth-order valence-electron chi connectivity index (χ4n) is 1.26. The van der Waals surface area contributed by atoms with Crippen LogP contribution in [0.4, 0.5) is 0 Å². The number of nitrogens with zero attached hydrogens (tertiary/aromatic N) is 3. The predicted molar refractivity (Wildman–Crippen MR) is 66.9 cm³/mol. The number of benzene rings is 1. The smallest absolute Gasteiger partial charge is 0.291 e. The number of aromatic nitrogens is 2. The number of nitrogens with one attached hydrogen (secondary N) is 1. The topological polar surface area (TPSA) is 108 Å². The van der Waals surface area contributed by atoms with Gasteiger partial charge in [-0.15, -0.1) is 0 Å². The molecule has 0 spiro atoms. The summed E-state index contributed by atoms with van der Waals surface area (Å²) in [5, 5.41) is 22.1. The lowest BCUT2D eigenvalue weighted by molar-refractivity contribution is 0.0949. The number of carbonyl (C=O) groups excluding carboxylic acids is 1. The number of hydrogen-bond acceptors (Lipinski definition) is 6. The van der Waals surface area contributed by atoms with Crippen LogP contribution in [0, 0.1) is 0 Å². The van der Waals surface area contributed by atoms with Gasteiger partial charge in [0, 0.05) is 12.4 Å². The van der Waals surface area contributed by atoms with E-state index < -0.39 is 5.91 Å². The lowest BCUT2D eigenvalue weighted by Crippen LogP contribution is -2.19. The van der Waals surface area contributed by atoms with Crippen molar-refractivity contribution in [2.24, 2.45) is 5.10 Å². The minimum absolute atomic E-state index is 0.146. The molecule has 0 aliphatic rings. The van der Waals surface area contributed by atoms with E-state index in [9.17, 15) is 9.90 Å². The first-order valence-electron chi connectivity index (χ1n) is 5.28. The molecule has 2 aromatic rings. The molecule has 2 rings (SSSR count). The van der Waals surface area contributed by atoms with Gasteiger partial charge in [0.2, 0.25) is 0 Å². The van der Waals surface area contributed by atoms with Crippen molar-refractivity contribution < 1.29 is 15.0 Å². The number of aromatic hydroxyl groups is 2. The number of hydrazone groups is 1. The molecule has 3 N–H and O–H groups in total. The largest absolute Gasteiger partial charge is 0.504 e. The maximum atomic E-state index is 11.5. The molecule has 0 aliphatic heterocycles. The van der Waals surface area contributed by atoms with E-state index in [0.717, 1.165) is 0 Å². The summed E-state index contributed by atoms with van der Waals surface area (Å²) in [7, 11) is 0. The van der Waals surface area contributed by atoms with Crippen molar-refractivity contribution in [1.29, 1.82) is 0 Å². The van der Waals surface area contributed by atoms with Crippen molar-refractivity contribution in [3.63, 3.8) is 0 Å². The van der Waals surface area contributed by atoms with Crippen LogP contribution in [0.3, 0.4) is 0 Å². The number of carbonyl (C=O) groups is 1. The molecule has 7 heteroatoms. The van der Waals surface area contributed by atoms with Crippen LogP contribution in [-0.2, 0) is 0 Å². The maximum absolute atomic E-state index is 11.5. The van der Waals surface area contributed by atoms with Crippen LogP contribution >= 0.6 is 0 Å². The Morgan fingerprint density at radius 3 is 2.79 bits per heavy atom. The fourth-order valence-corrected chi connectivity index (χ4v) is 1.26. The third-order valence-corrected chi connectivity index (χ3v) is 2.18. The zero-order valence-corrected chi connectivity index (χ0v) is 9.69. The summed E-state index contributed by atoms with van der Waals surface area (Å²) in [5.41, 5.74) is 2.93. The van der Waals surface area contributed by atoms with Crippen LogP contribution in [-0.4, -0.2) is 32.3 Å². The Labute approximate surface area is 108 Å². The Morgan fingerprint density at radius 2 is 2.11 bits per heavy atom. The predicted octanol–water partition coefficient (Wildman–Crippen LogP) is 0.652. The second-order valence-electron chi connectivity index (χ2n) is 3.54. The molecule has 7 nitrogen and oxygen atoms in total. The third-order valence-electron chi connectivity index (χ3n) is 2.18. The minimum atomic E-state index is -0.493. The summed E-state index contributed by atoms with van der Waals surface area (Å²) in [6.07, 6.45) is 5.50. The molecule has 0 bridgehead atoms. The van der Waals surface area contributed by atoms with Crippen LogP contribution < -0.4 is 5.43 Å². The van der Waals surface area contributed by atoms with Crippen molar-refractivity contribution in [1.82, 2.24) is 15.4 Å². The molecule has 0 atom stereocenters. The third kappa shape index (κ3) is 3.25. The summed E-state index contributed by atoms with van der Waals surface area (Å²) < 4.78 is 0. The molecule has 1 aromatic carbocycles. The van der Waals surface area contributed by atoms with Gasteiger partial charge in [-0.25, -0.2) is 10.4 Å². The van der Waals surface area contributed by atoms with Crippen molar-refractivity contribution in [2.75, 3.05) is 0 Å². The molecule has 1 amide bonds. The number of hydrogen-bond donors (Lipinski definition) is 3. The van der Waals surface area contributed by atoms with E-state index in [1.165, 1.54) is 43.0 Å². The van der Waals surface area contributed by atoms with Crippen LogP contribution in [0.2, 0.25) is 0 Å². The van der Waals surface area contributed by atoms with Crippen LogP contribution in [0.1, 0.15) is 16.1 Å². The van der Waals surface area contributed by atoms with Gasteiger partial charge in [0.25, 0.3) is 5.91 Å². The first-order valence-corrected chi connectivity index (χ1v) is 5.28. The van der Waals surface area contributed by atoms with E-state index in [2.05, 4.69) is 20.5 Å². The monoisotopic (exact) mass is 258 g/mol. The number of phenolic OH excluding ortho intramolecular Hbond substituents is 2. The highest BCUT2D eigenvalue weighted by Gasteiger charge is 2.04. The second kappa shape index (κ2) is 5.58. The van der Waals surface area contributed by atoms with E-state index in [0.29, 0.717) is 5.56 Å². The molecule has 0 unspecified atom stereocenters. The molecule has 0 saturated heterocycles. The van der Waals surface area contributed by atoms with Crippen molar-refractivity contribution in [2.45, 2.75) is 0 Å². The molecule has 96 valence electrons. The molecule has 1 heterocycles. The number of phenols is 2. The van der Waals surface area contributed by atoms with E-state index in [-0.39, 0.29) is 17.2 Å². The second-order valence-corrected chi connectivity index (χ2v) is 3.54. The molecular weight excluding hydrogens is 248 g/mol. The molecule has 19 heavy (non-hydrogen) atoms. The van der Waals surface area contributed by atoms with E-state index in [4.69, 9.17) is 5.11 Å². The number of rotatable bonds is 3. The van der Waals surface area contributed by atoms with Gasteiger partial charge in [-0.05, 0) is 23.8 Å². The van der Waals surface area contributed by atoms with E-state index in [1.807, 2.05) is 0 Å². The highest BCUT2D eigenvalue weighted by Crippen LogP contribution is 2.23. The Morgan fingerprint density at radius 1 is 1.26 bits per heavy atom. The van der Waals surface area contributed by atoms with Crippen molar-refractivity contribution in [3.05, 3.63) is 48.0 Å². The first kappa shape index (κ1) is 12.5.